The number of fused-ring (bicyclic) bond motifs is 1. The molecule has 5 nitrogen and oxygen atoms in total. The summed E-state index contributed by atoms with van der Waals surface area (Å²) >= 11 is 3.20. The Balaban J connectivity index is 1.39. The van der Waals surface area contributed by atoms with E-state index in [1.54, 1.807) is 22.7 Å². The van der Waals surface area contributed by atoms with Gasteiger partial charge in [0, 0.05) is 23.9 Å². The maximum atomic E-state index is 12.4. The summed E-state index contributed by atoms with van der Waals surface area (Å²) in [5.74, 6) is 0.705. The molecule has 4 rings (SSSR count). The third-order valence-corrected chi connectivity index (χ3v) is 6.30. The van der Waals surface area contributed by atoms with Gasteiger partial charge in [0.2, 0.25) is 4.96 Å². The number of nitrogens with one attached hydrogen (secondary N) is 1. The Hall–Kier alpha value is -2.51. The van der Waals surface area contributed by atoms with Crippen molar-refractivity contribution in [3.63, 3.8) is 0 Å². The van der Waals surface area contributed by atoms with Crippen molar-refractivity contribution in [1.29, 1.82) is 0 Å². The van der Waals surface area contributed by atoms with Crippen LogP contribution < -0.4 is 5.32 Å². The lowest BCUT2D eigenvalue weighted by Crippen LogP contribution is -2.26. The van der Waals surface area contributed by atoms with Gasteiger partial charge < -0.3 is 5.32 Å². The highest BCUT2D eigenvalue weighted by molar-refractivity contribution is 7.15. The maximum absolute atomic E-state index is 12.4. The van der Waals surface area contributed by atoms with Gasteiger partial charge in [0.05, 0.1) is 10.6 Å². The van der Waals surface area contributed by atoms with Crippen LogP contribution in [-0.4, -0.2) is 27.0 Å². The number of aromatic nitrogens is 3. The quantitative estimate of drug-likeness (QED) is 0.515. The molecule has 4 aromatic rings. The molecule has 1 N–H and O–H groups in total. The fourth-order valence-corrected chi connectivity index (χ4v) is 4.44. The summed E-state index contributed by atoms with van der Waals surface area (Å²) in [5.41, 5.74) is 3.04. The Morgan fingerprint density at radius 3 is 2.61 bits per heavy atom. The van der Waals surface area contributed by atoms with Crippen molar-refractivity contribution in [1.82, 2.24) is 19.9 Å². The molecule has 3 heterocycles. The van der Waals surface area contributed by atoms with Crippen LogP contribution in [-0.2, 0) is 11.8 Å². The van der Waals surface area contributed by atoms with Crippen LogP contribution in [0.1, 0.15) is 42.4 Å². The number of thiazole rings is 1. The number of carbonyl (C=O) groups is 1. The van der Waals surface area contributed by atoms with Crippen LogP contribution >= 0.6 is 22.7 Å². The minimum absolute atomic E-state index is 0.0511. The molecular formula is C21H22N4OS2. The molecule has 0 radical (unpaired) electrons. The van der Waals surface area contributed by atoms with Crippen molar-refractivity contribution >= 4 is 33.5 Å². The zero-order valence-electron chi connectivity index (χ0n) is 16.1. The van der Waals surface area contributed by atoms with Crippen LogP contribution in [0.2, 0.25) is 0 Å². The lowest BCUT2D eigenvalue weighted by atomic mass is 9.87. The minimum Gasteiger partial charge on any atom is -0.352 e. The van der Waals surface area contributed by atoms with Crippen LogP contribution in [0.15, 0.2) is 47.2 Å². The second-order valence-corrected chi connectivity index (χ2v) is 9.45. The Labute approximate surface area is 172 Å². The van der Waals surface area contributed by atoms with E-state index in [9.17, 15) is 4.79 Å². The summed E-state index contributed by atoms with van der Waals surface area (Å²) < 4.78 is 1.88. The summed E-state index contributed by atoms with van der Waals surface area (Å²) in [5, 5.41) is 11.7. The van der Waals surface area contributed by atoms with Gasteiger partial charge in [0.1, 0.15) is 0 Å². The summed E-state index contributed by atoms with van der Waals surface area (Å²) in [6.07, 6.45) is 0.707. The number of hydrogen-bond acceptors (Lipinski definition) is 5. The summed E-state index contributed by atoms with van der Waals surface area (Å²) in [7, 11) is 0. The molecule has 0 spiro atoms. The fourth-order valence-electron chi connectivity index (χ4n) is 2.93. The van der Waals surface area contributed by atoms with Crippen molar-refractivity contribution < 1.29 is 4.79 Å². The van der Waals surface area contributed by atoms with Crippen LogP contribution in [0.25, 0.3) is 15.7 Å². The third kappa shape index (κ3) is 3.86. The summed E-state index contributed by atoms with van der Waals surface area (Å²) in [6.45, 7) is 7.05. The van der Waals surface area contributed by atoms with Gasteiger partial charge in [-0.25, -0.2) is 4.52 Å². The van der Waals surface area contributed by atoms with Crippen molar-refractivity contribution in [2.45, 2.75) is 32.6 Å². The van der Waals surface area contributed by atoms with E-state index in [0.29, 0.717) is 18.5 Å². The molecule has 0 aliphatic rings. The molecule has 7 heteroatoms. The third-order valence-electron chi connectivity index (χ3n) is 4.57. The van der Waals surface area contributed by atoms with Crippen LogP contribution in [0.4, 0.5) is 0 Å². The first-order valence-electron chi connectivity index (χ1n) is 9.17. The van der Waals surface area contributed by atoms with E-state index < -0.39 is 0 Å². The Morgan fingerprint density at radius 1 is 1.14 bits per heavy atom. The smallest absolute Gasteiger partial charge is 0.251 e. The van der Waals surface area contributed by atoms with E-state index in [1.165, 1.54) is 5.56 Å². The van der Waals surface area contributed by atoms with E-state index in [-0.39, 0.29) is 11.3 Å². The molecule has 0 aliphatic carbocycles. The molecule has 0 bridgehead atoms. The molecule has 0 aliphatic heterocycles. The summed E-state index contributed by atoms with van der Waals surface area (Å²) in [4.78, 5) is 18.9. The fraction of sp³-hybridized carbons (Fsp3) is 0.286. The van der Waals surface area contributed by atoms with Crippen molar-refractivity contribution in [2.24, 2.45) is 0 Å². The molecule has 0 fully saturated rings. The van der Waals surface area contributed by atoms with E-state index in [1.807, 2.05) is 46.3 Å². The number of benzene rings is 1. The second-order valence-electron chi connectivity index (χ2n) is 7.67. The largest absolute Gasteiger partial charge is 0.352 e. The predicted molar refractivity (Wildman–Crippen MR) is 115 cm³/mol. The van der Waals surface area contributed by atoms with Gasteiger partial charge in [0.15, 0.2) is 5.82 Å². The van der Waals surface area contributed by atoms with Crippen LogP contribution in [0, 0.1) is 0 Å². The molecule has 28 heavy (non-hydrogen) atoms. The van der Waals surface area contributed by atoms with Gasteiger partial charge in [0.25, 0.3) is 5.91 Å². The van der Waals surface area contributed by atoms with Crippen LogP contribution in [0.5, 0.6) is 0 Å². The van der Waals surface area contributed by atoms with Gasteiger partial charge in [-0.2, -0.15) is 4.98 Å². The average Bonchev–Trinajstić information content (AvgIpc) is 3.38. The van der Waals surface area contributed by atoms with Gasteiger partial charge >= 0.3 is 0 Å². The highest BCUT2D eigenvalue weighted by atomic mass is 32.1. The number of thiophene rings is 1. The molecule has 0 atom stereocenters. The van der Waals surface area contributed by atoms with E-state index in [4.69, 9.17) is 0 Å². The minimum atomic E-state index is -0.0511. The normalized spacial score (nSPS) is 11.8. The predicted octanol–water partition coefficient (Wildman–Crippen LogP) is 4.79. The monoisotopic (exact) mass is 410 g/mol. The maximum Gasteiger partial charge on any atom is 0.251 e. The number of nitrogens with zero attached hydrogens (tertiary/aromatic N) is 3. The topological polar surface area (TPSA) is 59.3 Å². The highest BCUT2D eigenvalue weighted by Crippen LogP contribution is 2.24. The highest BCUT2D eigenvalue weighted by Gasteiger charge is 2.15. The molecule has 1 aromatic carbocycles. The molecular weight excluding hydrogens is 388 g/mol. The Bertz CT molecular complexity index is 1090. The molecule has 0 saturated carbocycles. The molecule has 3 aromatic heterocycles. The first kappa shape index (κ1) is 18.8. The average molecular weight is 411 g/mol. The second kappa shape index (κ2) is 7.48. The molecule has 0 unspecified atom stereocenters. The zero-order chi connectivity index (χ0) is 19.7. The number of carbonyl (C=O) groups excluding carboxylic acids is 1. The van der Waals surface area contributed by atoms with Gasteiger partial charge in [-0.15, -0.1) is 27.8 Å². The lowest BCUT2D eigenvalue weighted by Gasteiger charge is -2.19. The SMILES string of the molecule is CC(C)(C)c1ccc(C(=O)NCCc2csc3nc(-c4cccs4)nn23)cc1. The van der Waals surface area contributed by atoms with Crippen molar-refractivity contribution in [3.8, 4) is 10.7 Å². The Kier molecular flexibility index (Phi) is 5.03. The first-order valence-corrected chi connectivity index (χ1v) is 10.9. The Morgan fingerprint density at radius 2 is 1.93 bits per heavy atom. The molecule has 144 valence electrons. The van der Waals surface area contributed by atoms with E-state index in [2.05, 4.69) is 41.6 Å². The van der Waals surface area contributed by atoms with Crippen molar-refractivity contribution in [2.75, 3.05) is 6.54 Å². The number of amides is 1. The van der Waals surface area contributed by atoms with Crippen LogP contribution in [0.3, 0.4) is 0 Å². The van der Waals surface area contributed by atoms with Gasteiger partial charge in [-0.3, -0.25) is 4.79 Å². The zero-order valence-corrected chi connectivity index (χ0v) is 17.7. The number of rotatable bonds is 5. The lowest BCUT2D eigenvalue weighted by molar-refractivity contribution is 0.0954. The summed E-state index contributed by atoms with van der Waals surface area (Å²) in [6, 6.07) is 11.9. The first-order chi connectivity index (χ1) is 13.4. The van der Waals surface area contributed by atoms with Crippen molar-refractivity contribution in [3.05, 3.63) is 64.0 Å². The van der Waals surface area contributed by atoms with E-state index >= 15 is 0 Å². The standard InChI is InChI=1S/C21H22N4OS2/c1-21(2,3)15-8-6-14(7-9-15)19(26)22-11-10-16-13-28-20-23-18(24-25(16)20)17-5-4-12-27-17/h4-9,12-13H,10-11H2,1-3H3,(H,22,26). The number of hydrogen-bond donors (Lipinski definition) is 1. The van der Waals surface area contributed by atoms with Gasteiger partial charge in [-0.1, -0.05) is 39.0 Å². The molecule has 0 saturated heterocycles. The molecule has 1 amide bonds. The van der Waals surface area contributed by atoms with E-state index in [0.717, 1.165) is 21.4 Å². The van der Waals surface area contributed by atoms with Gasteiger partial charge in [-0.05, 0) is 34.6 Å².